The van der Waals surface area contributed by atoms with E-state index in [1.807, 2.05) is 30.3 Å². The lowest BCUT2D eigenvalue weighted by Gasteiger charge is -2.43. The quantitative estimate of drug-likeness (QED) is 0.481. The Bertz CT molecular complexity index is 503. The summed E-state index contributed by atoms with van der Waals surface area (Å²) in [7, 11) is 0. The van der Waals surface area contributed by atoms with E-state index in [4.69, 9.17) is 31.4 Å². The van der Waals surface area contributed by atoms with E-state index in [1.54, 1.807) is 0 Å². The monoisotopic (exact) mass is 379 g/mol. The van der Waals surface area contributed by atoms with Crippen LogP contribution in [-0.2, 0) is 20.8 Å². The molecule has 2 rings (SSSR count). The molecule has 27 heavy (non-hydrogen) atoms. The minimum absolute atomic E-state index is 0.315. The van der Waals surface area contributed by atoms with E-state index in [0.29, 0.717) is 19.8 Å². The van der Waals surface area contributed by atoms with Crippen molar-refractivity contribution in [3.8, 4) is 0 Å². The smallest absolute Gasteiger partial charge is 0.175 e. The van der Waals surface area contributed by atoms with Crippen LogP contribution in [0.25, 0.3) is 0 Å². The number of hydrogen-bond donors (Lipinski definition) is 3. The largest absolute Gasteiger partial charge is 0.370 e. The lowest BCUT2D eigenvalue weighted by atomic mass is 9.95. The van der Waals surface area contributed by atoms with Crippen molar-refractivity contribution in [2.75, 3.05) is 13.2 Å². The van der Waals surface area contributed by atoms with Crippen molar-refractivity contribution in [2.24, 2.45) is 17.2 Å². The van der Waals surface area contributed by atoms with Gasteiger partial charge in [-0.2, -0.15) is 0 Å². The molecule has 0 bridgehead atoms. The highest BCUT2D eigenvalue weighted by Gasteiger charge is 2.43. The second-order valence-electron chi connectivity index (χ2n) is 7.33. The molecule has 6 N–H and O–H groups in total. The molecule has 0 aliphatic carbocycles. The number of nitrogens with two attached hydrogens (primary N) is 3. The molecule has 154 valence electrons. The molecule has 1 aliphatic heterocycles. The van der Waals surface area contributed by atoms with Gasteiger partial charge in [-0.3, -0.25) is 0 Å². The average molecular weight is 380 g/mol. The highest BCUT2D eigenvalue weighted by atomic mass is 16.7. The molecule has 0 aromatic heterocycles. The van der Waals surface area contributed by atoms with Gasteiger partial charge in [0.25, 0.3) is 0 Å². The van der Waals surface area contributed by atoms with Gasteiger partial charge in [-0.25, -0.2) is 0 Å². The van der Waals surface area contributed by atoms with Crippen molar-refractivity contribution < 1.29 is 14.2 Å². The van der Waals surface area contributed by atoms with Gasteiger partial charge in [0, 0.05) is 13.2 Å². The van der Waals surface area contributed by atoms with Gasteiger partial charge in [-0.15, -0.1) is 0 Å². The Labute approximate surface area is 163 Å². The van der Waals surface area contributed by atoms with E-state index < -0.39 is 12.3 Å². The van der Waals surface area contributed by atoms with Crippen LogP contribution in [0, 0.1) is 0 Å². The zero-order valence-corrected chi connectivity index (χ0v) is 16.6. The Kier molecular flexibility index (Phi) is 10.3. The van der Waals surface area contributed by atoms with Crippen molar-refractivity contribution >= 4 is 0 Å². The first kappa shape index (κ1) is 22.3. The van der Waals surface area contributed by atoms with Crippen LogP contribution < -0.4 is 17.2 Å². The third-order valence-corrected chi connectivity index (χ3v) is 5.11. The number of hydrogen-bond acceptors (Lipinski definition) is 6. The molecule has 1 saturated heterocycles. The summed E-state index contributed by atoms with van der Waals surface area (Å²) in [5.41, 5.74) is 19.6. The zero-order chi connectivity index (χ0) is 19.5. The number of ether oxygens (including phenoxy) is 3. The topological polar surface area (TPSA) is 106 Å². The minimum atomic E-state index is -0.533. The van der Waals surface area contributed by atoms with Gasteiger partial charge in [0.2, 0.25) is 0 Å². The molecule has 1 aromatic rings. The molecule has 0 saturated carbocycles. The fraction of sp³-hybridized carbons (Fsp3) is 0.714. The molecular formula is C21H37N3O3. The van der Waals surface area contributed by atoms with Crippen molar-refractivity contribution in [3.63, 3.8) is 0 Å². The number of rotatable bonds is 12. The molecule has 0 unspecified atom stereocenters. The van der Waals surface area contributed by atoms with Gasteiger partial charge in [-0.05, 0) is 12.0 Å². The van der Waals surface area contributed by atoms with E-state index in [0.717, 1.165) is 18.4 Å². The Balaban J connectivity index is 1.82. The van der Waals surface area contributed by atoms with Crippen LogP contribution in [-0.4, -0.2) is 43.7 Å². The molecule has 1 fully saturated rings. The first-order valence-electron chi connectivity index (χ1n) is 10.3. The predicted octanol–water partition coefficient (Wildman–Crippen LogP) is 2.29. The van der Waals surface area contributed by atoms with E-state index in [-0.39, 0.29) is 18.2 Å². The summed E-state index contributed by atoms with van der Waals surface area (Å²) >= 11 is 0. The predicted molar refractivity (Wildman–Crippen MR) is 108 cm³/mol. The van der Waals surface area contributed by atoms with Crippen LogP contribution in [0.5, 0.6) is 0 Å². The number of benzene rings is 1. The van der Waals surface area contributed by atoms with E-state index >= 15 is 0 Å². The van der Waals surface area contributed by atoms with Gasteiger partial charge in [0.1, 0.15) is 0 Å². The van der Waals surface area contributed by atoms with Crippen LogP contribution in [0.3, 0.4) is 0 Å². The molecule has 0 amide bonds. The zero-order valence-electron chi connectivity index (χ0n) is 16.6. The maximum Gasteiger partial charge on any atom is 0.175 e. The minimum Gasteiger partial charge on any atom is -0.370 e. The summed E-state index contributed by atoms with van der Waals surface area (Å²) in [6.45, 7) is 3.62. The van der Waals surface area contributed by atoms with Crippen molar-refractivity contribution in [1.82, 2.24) is 0 Å². The summed E-state index contributed by atoms with van der Waals surface area (Å²) < 4.78 is 17.9. The van der Waals surface area contributed by atoms with E-state index in [2.05, 4.69) is 6.92 Å². The molecule has 0 spiro atoms. The summed E-state index contributed by atoms with van der Waals surface area (Å²) in [4.78, 5) is 0. The summed E-state index contributed by atoms with van der Waals surface area (Å²) in [6.07, 6.45) is 6.04. The lowest BCUT2D eigenvalue weighted by molar-refractivity contribution is -0.237. The fourth-order valence-corrected chi connectivity index (χ4v) is 3.41. The maximum atomic E-state index is 6.38. The standard InChI is InChI=1S/C21H37N3O3/c1-2-3-4-5-6-10-13-25-21-19(24)20(18(23)17(14-22)27-21)26-15-16-11-8-7-9-12-16/h7-9,11-12,17-21H,2-6,10,13-15,22-24H2,1H3/t17-,18+,19-,20+,21-/m1/s1. The Morgan fingerprint density at radius 1 is 0.926 bits per heavy atom. The highest BCUT2D eigenvalue weighted by Crippen LogP contribution is 2.23. The maximum absolute atomic E-state index is 6.38. The third kappa shape index (κ3) is 7.14. The fourth-order valence-electron chi connectivity index (χ4n) is 3.41. The molecule has 6 heteroatoms. The summed E-state index contributed by atoms with van der Waals surface area (Å²) in [6, 6.07) is 9.17. The van der Waals surface area contributed by atoms with Crippen molar-refractivity contribution in [1.29, 1.82) is 0 Å². The third-order valence-electron chi connectivity index (χ3n) is 5.11. The van der Waals surface area contributed by atoms with Gasteiger partial charge in [0.15, 0.2) is 6.29 Å². The molecule has 6 nitrogen and oxygen atoms in total. The second-order valence-corrected chi connectivity index (χ2v) is 7.33. The van der Waals surface area contributed by atoms with Crippen LogP contribution in [0.4, 0.5) is 0 Å². The van der Waals surface area contributed by atoms with E-state index in [9.17, 15) is 0 Å². The molecule has 5 atom stereocenters. The molecular weight excluding hydrogens is 342 g/mol. The SMILES string of the molecule is CCCCCCCCO[C@@H]1O[C@H](CN)[C@H](N)[C@H](OCc2ccccc2)[C@H]1N. The van der Waals surface area contributed by atoms with Gasteiger partial charge in [-0.1, -0.05) is 69.4 Å². The van der Waals surface area contributed by atoms with Crippen molar-refractivity contribution in [3.05, 3.63) is 35.9 Å². The summed E-state index contributed by atoms with van der Waals surface area (Å²) in [5, 5.41) is 0. The first-order chi connectivity index (χ1) is 13.2. The number of unbranched alkanes of at least 4 members (excludes halogenated alkanes) is 5. The molecule has 1 aliphatic rings. The Hall–Kier alpha value is -1.02. The molecule has 1 heterocycles. The molecule has 0 radical (unpaired) electrons. The van der Waals surface area contributed by atoms with Crippen molar-refractivity contribution in [2.45, 2.75) is 82.6 Å². The van der Waals surface area contributed by atoms with Crippen LogP contribution in [0.15, 0.2) is 30.3 Å². The Morgan fingerprint density at radius 3 is 2.33 bits per heavy atom. The van der Waals surface area contributed by atoms with Gasteiger partial charge >= 0.3 is 0 Å². The van der Waals surface area contributed by atoms with Gasteiger partial charge in [0.05, 0.1) is 30.9 Å². The van der Waals surface area contributed by atoms with Crippen LogP contribution >= 0.6 is 0 Å². The second kappa shape index (κ2) is 12.4. The first-order valence-corrected chi connectivity index (χ1v) is 10.3. The van der Waals surface area contributed by atoms with Crippen LogP contribution in [0.1, 0.15) is 51.0 Å². The average Bonchev–Trinajstić information content (AvgIpc) is 2.69. The molecule has 1 aromatic carbocycles. The highest BCUT2D eigenvalue weighted by molar-refractivity contribution is 5.13. The summed E-state index contributed by atoms with van der Waals surface area (Å²) in [5.74, 6) is 0. The van der Waals surface area contributed by atoms with Gasteiger partial charge < -0.3 is 31.4 Å². The van der Waals surface area contributed by atoms with Crippen LogP contribution in [0.2, 0.25) is 0 Å². The van der Waals surface area contributed by atoms with E-state index in [1.165, 1.54) is 25.7 Å². The normalized spacial score (nSPS) is 28.4. The lowest BCUT2D eigenvalue weighted by Crippen LogP contribution is -2.66. The Morgan fingerprint density at radius 2 is 1.63 bits per heavy atom.